The zero-order valence-corrected chi connectivity index (χ0v) is 14.7. The highest BCUT2D eigenvalue weighted by Crippen LogP contribution is 2.41. The van der Waals surface area contributed by atoms with E-state index >= 15 is 0 Å². The molecule has 1 saturated heterocycles. The van der Waals surface area contributed by atoms with Gasteiger partial charge in [0.2, 0.25) is 0 Å². The second-order valence-electron chi connectivity index (χ2n) is 6.36. The lowest BCUT2D eigenvalue weighted by molar-refractivity contribution is -0.0657. The third-order valence-electron chi connectivity index (χ3n) is 4.61. The number of hydrogen-bond donors (Lipinski definition) is 0. The van der Waals surface area contributed by atoms with Crippen molar-refractivity contribution < 1.29 is 14.2 Å². The van der Waals surface area contributed by atoms with Gasteiger partial charge in [-0.2, -0.15) is 0 Å². The Morgan fingerprint density at radius 2 is 1.96 bits per heavy atom. The summed E-state index contributed by atoms with van der Waals surface area (Å²) in [5.74, 6) is 2.65. The topological polar surface area (TPSA) is 27.7 Å². The Balaban J connectivity index is 1.64. The van der Waals surface area contributed by atoms with Gasteiger partial charge in [-0.15, -0.1) is 8.20 Å². The lowest BCUT2D eigenvalue weighted by atomic mass is 9.86. The van der Waals surface area contributed by atoms with Crippen molar-refractivity contribution in [1.29, 1.82) is 0 Å². The summed E-state index contributed by atoms with van der Waals surface area (Å²) >= 11 is 0. The summed E-state index contributed by atoms with van der Waals surface area (Å²) in [6.07, 6.45) is 3.07. The standard InChI is InChI=1S/C20H21O3P/c1-24-19-13-20(10-5-11-21-14-20)23-18-9-8-16(12-17(18)19)22-15-6-3-2-4-7-15/h2-4,6-9,12H,5,10-11,13-14H2,1H3. The van der Waals surface area contributed by atoms with Crippen molar-refractivity contribution in [3.05, 3.63) is 54.1 Å². The predicted molar refractivity (Wildman–Crippen MR) is 97.9 cm³/mol. The minimum Gasteiger partial charge on any atom is -0.484 e. The summed E-state index contributed by atoms with van der Waals surface area (Å²) in [6, 6.07) is 16.0. The molecule has 4 heteroatoms. The van der Waals surface area contributed by atoms with Crippen molar-refractivity contribution in [1.82, 2.24) is 0 Å². The van der Waals surface area contributed by atoms with E-state index in [9.17, 15) is 0 Å². The van der Waals surface area contributed by atoms with E-state index < -0.39 is 0 Å². The lowest BCUT2D eigenvalue weighted by Crippen LogP contribution is -2.48. The molecule has 1 spiro atoms. The Morgan fingerprint density at radius 3 is 2.71 bits per heavy atom. The van der Waals surface area contributed by atoms with Crippen molar-refractivity contribution in [2.45, 2.75) is 24.9 Å². The molecule has 124 valence electrons. The molecule has 2 aliphatic heterocycles. The fourth-order valence-corrected chi connectivity index (χ4v) is 4.29. The van der Waals surface area contributed by atoms with Gasteiger partial charge in [-0.1, -0.05) is 18.2 Å². The Hall–Kier alpha value is -1.83. The molecular weight excluding hydrogens is 319 g/mol. The number of hydrogen-bond acceptors (Lipinski definition) is 3. The van der Waals surface area contributed by atoms with E-state index in [1.54, 1.807) is 0 Å². The maximum absolute atomic E-state index is 6.39. The number of ether oxygens (including phenoxy) is 3. The van der Waals surface area contributed by atoms with Gasteiger partial charge < -0.3 is 14.2 Å². The molecule has 3 nitrogen and oxygen atoms in total. The first-order chi connectivity index (χ1) is 11.8. The molecule has 1 unspecified atom stereocenters. The van der Waals surface area contributed by atoms with E-state index in [0.29, 0.717) is 6.61 Å². The van der Waals surface area contributed by atoms with Crippen LogP contribution in [0.4, 0.5) is 0 Å². The molecule has 4 rings (SSSR count). The first-order valence-electron chi connectivity index (χ1n) is 8.38. The number of rotatable bonds is 2. The van der Waals surface area contributed by atoms with E-state index in [4.69, 9.17) is 14.2 Å². The normalized spacial score (nSPS) is 24.5. The third-order valence-corrected chi connectivity index (χ3v) is 5.55. The SMILES string of the molecule is CP=C1CC2(CCCOC2)Oc2ccc(Oc3ccccc3)cc21. The molecule has 2 heterocycles. The van der Waals surface area contributed by atoms with Gasteiger partial charge in [-0.25, -0.2) is 0 Å². The maximum Gasteiger partial charge on any atom is 0.137 e. The molecule has 0 radical (unpaired) electrons. The summed E-state index contributed by atoms with van der Waals surface area (Å²) < 4.78 is 18.1. The molecule has 0 saturated carbocycles. The van der Waals surface area contributed by atoms with Gasteiger partial charge in [0, 0.05) is 18.6 Å². The van der Waals surface area contributed by atoms with Crippen LogP contribution in [0.15, 0.2) is 48.5 Å². The van der Waals surface area contributed by atoms with Crippen LogP contribution in [0, 0.1) is 0 Å². The van der Waals surface area contributed by atoms with Crippen LogP contribution in [0.2, 0.25) is 0 Å². The van der Waals surface area contributed by atoms with Crippen LogP contribution >= 0.6 is 8.20 Å². The number of fused-ring (bicyclic) bond motifs is 1. The van der Waals surface area contributed by atoms with Gasteiger partial charge in [0.25, 0.3) is 0 Å². The second-order valence-corrected chi connectivity index (χ2v) is 7.35. The molecule has 0 amide bonds. The van der Waals surface area contributed by atoms with Crippen molar-refractivity contribution in [3.8, 4) is 17.2 Å². The van der Waals surface area contributed by atoms with E-state index in [0.717, 1.165) is 43.1 Å². The Morgan fingerprint density at radius 1 is 1.08 bits per heavy atom. The Kier molecular flexibility index (Phi) is 4.30. The first kappa shape index (κ1) is 15.7. The third kappa shape index (κ3) is 3.07. The quantitative estimate of drug-likeness (QED) is 0.727. The predicted octanol–water partition coefficient (Wildman–Crippen LogP) is 4.91. The molecule has 1 atom stereocenters. The van der Waals surface area contributed by atoms with Crippen LogP contribution in [0.25, 0.3) is 0 Å². The molecule has 0 N–H and O–H groups in total. The van der Waals surface area contributed by atoms with E-state index in [2.05, 4.69) is 12.7 Å². The van der Waals surface area contributed by atoms with Crippen LogP contribution in [0.3, 0.4) is 0 Å². The largest absolute Gasteiger partial charge is 0.484 e. The van der Waals surface area contributed by atoms with Gasteiger partial charge in [0.15, 0.2) is 0 Å². The zero-order chi connectivity index (χ0) is 16.4. The van der Waals surface area contributed by atoms with Crippen LogP contribution in [-0.2, 0) is 4.74 Å². The van der Waals surface area contributed by atoms with Crippen LogP contribution in [-0.4, -0.2) is 30.8 Å². The highest BCUT2D eigenvalue weighted by Gasteiger charge is 2.40. The summed E-state index contributed by atoms with van der Waals surface area (Å²) in [5.41, 5.74) is 0.995. The first-order valence-corrected chi connectivity index (χ1v) is 9.72. The number of para-hydroxylation sites is 1. The van der Waals surface area contributed by atoms with Crippen molar-refractivity contribution in [3.63, 3.8) is 0 Å². The smallest absolute Gasteiger partial charge is 0.137 e. The molecule has 2 aliphatic rings. The molecule has 0 bridgehead atoms. The van der Waals surface area contributed by atoms with Crippen LogP contribution in [0.5, 0.6) is 17.2 Å². The summed E-state index contributed by atoms with van der Waals surface area (Å²) in [7, 11) is 1.28. The van der Waals surface area contributed by atoms with Crippen LogP contribution in [0.1, 0.15) is 24.8 Å². The minimum atomic E-state index is -0.175. The molecule has 1 fully saturated rings. The maximum atomic E-state index is 6.39. The Bertz CT molecular complexity index is 749. The van der Waals surface area contributed by atoms with Gasteiger partial charge >= 0.3 is 0 Å². The highest BCUT2D eigenvalue weighted by molar-refractivity contribution is 7.40. The van der Waals surface area contributed by atoms with Gasteiger partial charge in [-0.05, 0) is 55.1 Å². The molecule has 0 aromatic heterocycles. The molecular formula is C20H21O3P. The zero-order valence-electron chi connectivity index (χ0n) is 13.8. The molecule has 0 aliphatic carbocycles. The van der Waals surface area contributed by atoms with Crippen molar-refractivity contribution in [2.75, 3.05) is 19.9 Å². The average molecular weight is 340 g/mol. The molecule has 2 aromatic rings. The highest BCUT2D eigenvalue weighted by atomic mass is 31.1. The summed E-state index contributed by atoms with van der Waals surface area (Å²) in [6.45, 7) is 3.72. The molecule has 24 heavy (non-hydrogen) atoms. The van der Waals surface area contributed by atoms with Crippen molar-refractivity contribution >= 4 is 13.5 Å². The Labute approximate surface area is 144 Å². The van der Waals surface area contributed by atoms with E-state index in [-0.39, 0.29) is 5.60 Å². The summed E-state index contributed by atoms with van der Waals surface area (Å²) in [4.78, 5) is 0. The monoisotopic (exact) mass is 340 g/mol. The van der Waals surface area contributed by atoms with E-state index in [1.165, 1.54) is 19.1 Å². The second kappa shape index (κ2) is 6.58. The lowest BCUT2D eigenvalue weighted by Gasteiger charge is -2.41. The molecule has 2 aromatic carbocycles. The van der Waals surface area contributed by atoms with Crippen molar-refractivity contribution in [2.24, 2.45) is 0 Å². The van der Waals surface area contributed by atoms with Crippen LogP contribution < -0.4 is 9.47 Å². The minimum absolute atomic E-state index is 0.175. The fourth-order valence-electron chi connectivity index (χ4n) is 3.43. The van der Waals surface area contributed by atoms with Gasteiger partial charge in [0.05, 0.1) is 6.61 Å². The van der Waals surface area contributed by atoms with E-state index in [1.807, 2.05) is 42.5 Å². The fraction of sp³-hybridized carbons (Fsp3) is 0.350. The average Bonchev–Trinajstić information content (AvgIpc) is 2.63. The summed E-state index contributed by atoms with van der Waals surface area (Å²) in [5, 5.41) is 1.40. The van der Waals surface area contributed by atoms with Gasteiger partial charge in [0.1, 0.15) is 22.8 Å². The van der Waals surface area contributed by atoms with Gasteiger partial charge in [-0.3, -0.25) is 0 Å². The number of benzene rings is 2.